The van der Waals surface area contributed by atoms with Gasteiger partial charge in [0.15, 0.2) is 0 Å². The molecule has 1 aromatic carbocycles. The number of imide groups is 1. The number of carbonyl (C=O) groups is 2. The molecule has 1 radical (unpaired) electrons. The molecule has 0 aromatic heterocycles. The zero-order valence-electron chi connectivity index (χ0n) is 8.97. The molecular formula is C11H11NO3Y-2. The van der Waals surface area contributed by atoms with E-state index in [2.05, 4.69) is 18.9 Å². The molecule has 1 heterocycles. The fourth-order valence-electron chi connectivity index (χ4n) is 1.28. The Hall–Kier alpha value is -0.576. The van der Waals surface area contributed by atoms with Gasteiger partial charge in [-0.2, -0.15) is 19.1 Å². The van der Waals surface area contributed by atoms with Crippen molar-refractivity contribution in [3.8, 4) is 0 Å². The monoisotopic (exact) mass is 294 g/mol. The molecule has 0 fully saturated rings. The predicted molar refractivity (Wildman–Crippen MR) is 54.4 cm³/mol. The molecule has 1 aromatic rings. The summed E-state index contributed by atoms with van der Waals surface area (Å²) in [5.74, 6) is -0.925. The van der Waals surface area contributed by atoms with Crippen LogP contribution in [0.1, 0.15) is 27.6 Å². The molecule has 4 nitrogen and oxygen atoms in total. The maximum atomic E-state index is 11.4. The van der Waals surface area contributed by atoms with Crippen molar-refractivity contribution in [2.24, 2.45) is 0 Å². The summed E-state index contributed by atoms with van der Waals surface area (Å²) in [6.07, 6.45) is 0. The van der Waals surface area contributed by atoms with Crippen LogP contribution in [-0.4, -0.2) is 16.9 Å². The number of hydroxylamine groups is 2. The normalized spacial score (nSPS) is 12.6. The molecule has 0 saturated heterocycles. The van der Waals surface area contributed by atoms with Gasteiger partial charge in [0.25, 0.3) is 11.8 Å². The Labute approximate surface area is 120 Å². The molecule has 0 aliphatic carbocycles. The second kappa shape index (κ2) is 6.89. The molecular weight excluding hydrogens is 283 g/mol. The summed E-state index contributed by atoms with van der Waals surface area (Å²) in [6.45, 7) is 5.00. The summed E-state index contributed by atoms with van der Waals surface area (Å²) >= 11 is 0. The molecule has 2 amide bonds. The topological polar surface area (TPSA) is 46.6 Å². The Kier molecular flexibility index (Phi) is 6.64. The molecule has 0 spiro atoms. The van der Waals surface area contributed by atoms with Gasteiger partial charge < -0.3 is 11.8 Å². The van der Waals surface area contributed by atoms with Crippen LogP contribution in [0.4, 0.5) is 0 Å². The molecule has 83 valence electrons. The van der Waals surface area contributed by atoms with E-state index < -0.39 is 11.8 Å². The average Bonchev–Trinajstić information content (AvgIpc) is 2.55. The third-order valence-corrected chi connectivity index (χ3v) is 1.89. The molecule has 0 saturated carbocycles. The third kappa shape index (κ3) is 2.56. The number of hydrogen-bond acceptors (Lipinski definition) is 3. The Morgan fingerprint density at radius 3 is 1.75 bits per heavy atom. The minimum Gasteiger partial charge on any atom is -0.441 e. The van der Waals surface area contributed by atoms with E-state index in [1.54, 1.807) is 31.2 Å². The van der Waals surface area contributed by atoms with Crippen molar-refractivity contribution in [3.63, 3.8) is 0 Å². The van der Waals surface area contributed by atoms with Gasteiger partial charge in [0.1, 0.15) is 0 Å². The van der Waals surface area contributed by atoms with Gasteiger partial charge in [0.2, 0.25) is 0 Å². The summed E-state index contributed by atoms with van der Waals surface area (Å²) in [5.41, 5.74) is 0.715. The van der Waals surface area contributed by atoms with Crippen molar-refractivity contribution in [1.82, 2.24) is 5.06 Å². The first-order valence-corrected chi connectivity index (χ1v) is 4.36. The van der Waals surface area contributed by atoms with E-state index in [1.165, 1.54) is 0 Å². The van der Waals surface area contributed by atoms with Crippen molar-refractivity contribution >= 4 is 11.8 Å². The second-order valence-electron chi connectivity index (χ2n) is 2.58. The summed E-state index contributed by atoms with van der Waals surface area (Å²) in [7, 11) is 3.04. The number of amides is 2. The van der Waals surface area contributed by atoms with E-state index >= 15 is 0 Å². The van der Waals surface area contributed by atoms with Gasteiger partial charge in [-0.3, -0.25) is 9.59 Å². The first-order chi connectivity index (χ1) is 7.25. The summed E-state index contributed by atoms with van der Waals surface area (Å²) < 4.78 is 0. The molecule has 2 rings (SSSR count). The van der Waals surface area contributed by atoms with Crippen molar-refractivity contribution in [2.45, 2.75) is 6.92 Å². The zero-order chi connectivity index (χ0) is 11.4. The maximum absolute atomic E-state index is 11.4. The fraction of sp³-hybridized carbons (Fsp3) is 0.0909. The number of benzene rings is 1. The van der Waals surface area contributed by atoms with Crippen LogP contribution in [0.3, 0.4) is 0 Å². The van der Waals surface area contributed by atoms with E-state index in [9.17, 15) is 9.59 Å². The van der Waals surface area contributed by atoms with Crippen LogP contribution in [0.15, 0.2) is 24.3 Å². The Bertz CT molecular complexity index is 358. The first-order valence-electron chi connectivity index (χ1n) is 4.36. The molecule has 16 heavy (non-hydrogen) atoms. The van der Waals surface area contributed by atoms with Crippen LogP contribution in [0, 0.1) is 14.0 Å². The SMILES string of the molecule is [CH2-]C.[CH2-]ON1C(=O)c2ccccc2C1=O.[Y]. The number of nitrogens with zero attached hydrogens (tertiary/aromatic N) is 1. The largest absolute Gasteiger partial charge is 0.441 e. The quantitative estimate of drug-likeness (QED) is 0.586. The standard InChI is InChI=1S/C9H6NO3.C2H5.Y/c1-13-10-8(11)6-4-2-3-5-7(6)9(10)12;1-2;/h2-5H,1H2;1H2,2H3;/q2*-1;. The molecule has 1 aliphatic heterocycles. The van der Waals surface area contributed by atoms with Gasteiger partial charge >= 0.3 is 0 Å². The number of carbonyl (C=O) groups excluding carboxylic acids is 2. The van der Waals surface area contributed by atoms with Crippen LogP contribution < -0.4 is 0 Å². The van der Waals surface area contributed by atoms with Gasteiger partial charge in [-0.05, 0) is 12.1 Å². The van der Waals surface area contributed by atoms with Crippen LogP contribution in [0.2, 0.25) is 0 Å². The molecule has 0 atom stereocenters. The number of rotatable bonds is 1. The van der Waals surface area contributed by atoms with Gasteiger partial charge in [0.05, 0.1) is 11.1 Å². The van der Waals surface area contributed by atoms with Crippen molar-refractivity contribution < 1.29 is 47.1 Å². The Morgan fingerprint density at radius 2 is 1.44 bits per heavy atom. The van der Waals surface area contributed by atoms with Gasteiger partial charge in [-0.15, -0.1) is 0 Å². The maximum Gasteiger partial charge on any atom is 0.283 e. The molecule has 1 aliphatic rings. The van der Waals surface area contributed by atoms with Crippen LogP contribution in [0.5, 0.6) is 0 Å². The Balaban J connectivity index is 0.000000711. The van der Waals surface area contributed by atoms with E-state index in [-0.39, 0.29) is 32.7 Å². The molecule has 0 bridgehead atoms. The Morgan fingerprint density at radius 1 is 1.06 bits per heavy atom. The number of fused-ring (bicyclic) bond motifs is 1. The zero-order valence-corrected chi connectivity index (χ0v) is 11.8. The van der Waals surface area contributed by atoms with E-state index in [0.29, 0.717) is 16.2 Å². The molecule has 0 unspecified atom stereocenters. The van der Waals surface area contributed by atoms with Crippen LogP contribution in [0.25, 0.3) is 0 Å². The number of hydrogen-bond donors (Lipinski definition) is 0. The predicted octanol–water partition coefficient (Wildman–Crippen LogP) is 1.84. The minimum absolute atomic E-state index is 0. The van der Waals surface area contributed by atoms with Crippen LogP contribution >= 0.6 is 0 Å². The summed E-state index contributed by atoms with van der Waals surface area (Å²) in [4.78, 5) is 27.2. The van der Waals surface area contributed by atoms with Gasteiger partial charge in [-0.1, -0.05) is 12.1 Å². The molecule has 5 heteroatoms. The minimum atomic E-state index is -0.462. The molecule has 0 N–H and O–H groups in total. The first kappa shape index (κ1) is 15.4. The summed E-state index contributed by atoms with van der Waals surface area (Å²) in [6, 6.07) is 6.54. The average molecular weight is 294 g/mol. The van der Waals surface area contributed by atoms with E-state index in [1.807, 2.05) is 0 Å². The smallest absolute Gasteiger partial charge is 0.283 e. The van der Waals surface area contributed by atoms with E-state index in [0.717, 1.165) is 0 Å². The summed E-state index contributed by atoms with van der Waals surface area (Å²) in [5, 5.41) is 0.644. The van der Waals surface area contributed by atoms with Gasteiger partial charge in [0, 0.05) is 32.7 Å². The van der Waals surface area contributed by atoms with Crippen LogP contribution in [-0.2, 0) is 37.5 Å². The third-order valence-electron chi connectivity index (χ3n) is 1.89. The van der Waals surface area contributed by atoms with Crippen molar-refractivity contribution in [3.05, 3.63) is 49.4 Å². The second-order valence-corrected chi connectivity index (χ2v) is 2.58. The van der Waals surface area contributed by atoms with Crippen molar-refractivity contribution in [1.29, 1.82) is 0 Å². The van der Waals surface area contributed by atoms with Gasteiger partial charge in [-0.25, -0.2) is 0 Å². The van der Waals surface area contributed by atoms with Crippen molar-refractivity contribution in [2.75, 3.05) is 0 Å². The van der Waals surface area contributed by atoms with E-state index in [4.69, 9.17) is 0 Å². The fourth-order valence-corrected chi connectivity index (χ4v) is 1.28.